The van der Waals surface area contributed by atoms with Crippen LogP contribution >= 0.6 is 11.6 Å². The Labute approximate surface area is 87.8 Å². The van der Waals surface area contributed by atoms with Gasteiger partial charge in [0.05, 0.1) is 23.7 Å². The van der Waals surface area contributed by atoms with Crippen LogP contribution in [0.15, 0.2) is 18.2 Å². The van der Waals surface area contributed by atoms with Crippen molar-refractivity contribution in [2.24, 2.45) is 0 Å². The van der Waals surface area contributed by atoms with Gasteiger partial charge >= 0.3 is 5.97 Å². The molecule has 1 aromatic rings. The number of esters is 1. The molecule has 0 atom stereocenters. The van der Waals surface area contributed by atoms with Gasteiger partial charge < -0.3 is 10.5 Å². The summed E-state index contributed by atoms with van der Waals surface area (Å²) in [5, 5.41) is 0.465. The largest absolute Gasteiger partial charge is 0.466 e. The summed E-state index contributed by atoms with van der Waals surface area (Å²) in [5.41, 5.74) is 6.84. The van der Waals surface area contributed by atoms with Gasteiger partial charge in [0, 0.05) is 0 Å². The zero-order valence-corrected chi connectivity index (χ0v) is 8.67. The number of halogens is 1. The highest BCUT2D eigenvalue weighted by Gasteiger charge is 2.08. The molecular formula is C10H12ClNO2. The van der Waals surface area contributed by atoms with Gasteiger partial charge in [0.2, 0.25) is 0 Å². The Morgan fingerprint density at radius 2 is 2.29 bits per heavy atom. The average Bonchev–Trinajstić information content (AvgIpc) is 2.13. The third kappa shape index (κ3) is 2.64. The Kier molecular flexibility index (Phi) is 3.77. The summed E-state index contributed by atoms with van der Waals surface area (Å²) in [6.45, 7) is 2.14. The van der Waals surface area contributed by atoms with Crippen molar-refractivity contribution in [3.63, 3.8) is 0 Å². The van der Waals surface area contributed by atoms with Crippen molar-refractivity contribution in [2.75, 3.05) is 12.3 Å². The zero-order valence-electron chi connectivity index (χ0n) is 7.92. The first-order valence-electron chi connectivity index (χ1n) is 4.33. The molecule has 0 aromatic heterocycles. The van der Waals surface area contributed by atoms with Gasteiger partial charge in [0.1, 0.15) is 0 Å². The van der Waals surface area contributed by atoms with E-state index in [1.54, 1.807) is 25.1 Å². The third-order valence-corrected chi connectivity index (χ3v) is 2.11. The fourth-order valence-corrected chi connectivity index (χ4v) is 1.30. The molecule has 0 fully saturated rings. The monoisotopic (exact) mass is 213 g/mol. The van der Waals surface area contributed by atoms with Crippen LogP contribution in [0.5, 0.6) is 0 Å². The smallest absolute Gasteiger partial charge is 0.310 e. The van der Waals surface area contributed by atoms with Gasteiger partial charge in [-0.15, -0.1) is 0 Å². The molecule has 0 saturated heterocycles. The molecular weight excluding hydrogens is 202 g/mol. The van der Waals surface area contributed by atoms with E-state index in [-0.39, 0.29) is 12.4 Å². The van der Waals surface area contributed by atoms with Crippen LogP contribution in [0.2, 0.25) is 5.02 Å². The first-order valence-corrected chi connectivity index (χ1v) is 4.71. The van der Waals surface area contributed by atoms with Crippen LogP contribution in [0.1, 0.15) is 12.5 Å². The van der Waals surface area contributed by atoms with E-state index in [9.17, 15) is 4.79 Å². The molecule has 0 spiro atoms. The van der Waals surface area contributed by atoms with E-state index < -0.39 is 0 Å². The van der Waals surface area contributed by atoms with E-state index >= 15 is 0 Å². The summed E-state index contributed by atoms with van der Waals surface area (Å²) in [4.78, 5) is 11.2. The van der Waals surface area contributed by atoms with Crippen molar-refractivity contribution < 1.29 is 9.53 Å². The van der Waals surface area contributed by atoms with Crippen LogP contribution in [0, 0.1) is 0 Å². The predicted octanol–water partition coefficient (Wildman–Crippen LogP) is 2.03. The lowest BCUT2D eigenvalue weighted by molar-refractivity contribution is -0.142. The molecule has 1 rings (SSSR count). The van der Waals surface area contributed by atoms with Crippen molar-refractivity contribution in [1.29, 1.82) is 0 Å². The molecule has 2 N–H and O–H groups in total. The molecule has 1 aromatic carbocycles. The minimum absolute atomic E-state index is 0.167. The molecule has 4 heteroatoms. The normalized spacial score (nSPS) is 9.86. The third-order valence-electron chi connectivity index (χ3n) is 1.78. The topological polar surface area (TPSA) is 52.3 Å². The highest BCUT2D eigenvalue weighted by molar-refractivity contribution is 6.33. The molecule has 0 amide bonds. The number of nitrogens with two attached hydrogens (primary N) is 1. The zero-order chi connectivity index (χ0) is 10.6. The van der Waals surface area contributed by atoms with Gasteiger partial charge in [-0.1, -0.05) is 23.7 Å². The summed E-state index contributed by atoms with van der Waals surface area (Å²) in [5.74, 6) is -0.290. The molecule has 0 saturated carbocycles. The summed E-state index contributed by atoms with van der Waals surface area (Å²) in [7, 11) is 0. The second-order valence-corrected chi connectivity index (χ2v) is 3.20. The molecule has 76 valence electrons. The van der Waals surface area contributed by atoms with E-state index in [2.05, 4.69) is 0 Å². The van der Waals surface area contributed by atoms with Gasteiger partial charge in [-0.2, -0.15) is 0 Å². The lowest BCUT2D eigenvalue weighted by Gasteiger charge is -2.06. The Morgan fingerprint density at radius 3 is 2.93 bits per heavy atom. The van der Waals surface area contributed by atoms with Crippen molar-refractivity contribution in [1.82, 2.24) is 0 Å². The number of rotatable bonds is 3. The maximum Gasteiger partial charge on any atom is 0.310 e. The maximum atomic E-state index is 11.2. The second-order valence-electron chi connectivity index (χ2n) is 2.79. The number of ether oxygens (including phenoxy) is 1. The van der Waals surface area contributed by atoms with E-state index in [1.807, 2.05) is 0 Å². The first kappa shape index (κ1) is 10.9. The number of hydrogen-bond acceptors (Lipinski definition) is 3. The molecule has 0 bridgehead atoms. The van der Waals surface area contributed by atoms with Crippen LogP contribution in [0.3, 0.4) is 0 Å². The van der Waals surface area contributed by atoms with Gasteiger partial charge in [-0.3, -0.25) is 4.79 Å². The fraction of sp³-hybridized carbons (Fsp3) is 0.300. The average molecular weight is 214 g/mol. The molecule has 0 unspecified atom stereocenters. The van der Waals surface area contributed by atoms with Crippen molar-refractivity contribution in [2.45, 2.75) is 13.3 Å². The Balaban J connectivity index is 2.76. The molecule has 0 aliphatic carbocycles. The van der Waals surface area contributed by atoms with E-state index in [4.69, 9.17) is 22.1 Å². The highest BCUT2D eigenvalue weighted by atomic mass is 35.5. The Bertz CT molecular complexity index is 339. The van der Waals surface area contributed by atoms with E-state index in [0.29, 0.717) is 22.9 Å². The van der Waals surface area contributed by atoms with Crippen LogP contribution in [-0.2, 0) is 16.0 Å². The lowest BCUT2D eigenvalue weighted by atomic mass is 10.1. The highest BCUT2D eigenvalue weighted by Crippen LogP contribution is 2.22. The minimum Gasteiger partial charge on any atom is -0.466 e. The number of nitrogen functional groups attached to an aromatic ring is 1. The SMILES string of the molecule is CCOC(=O)Cc1cccc(Cl)c1N. The van der Waals surface area contributed by atoms with E-state index in [0.717, 1.165) is 0 Å². The number of carbonyl (C=O) groups is 1. The van der Waals surface area contributed by atoms with Crippen LogP contribution in [0.4, 0.5) is 5.69 Å². The van der Waals surface area contributed by atoms with Crippen LogP contribution < -0.4 is 5.73 Å². The standard InChI is InChI=1S/C10H12ClNO2/c1-2-14-9(13)6-7-4-3-5-8(11)10(7)12/h3-5H,2,6,12H2,1H3. The molecule has 0 aliphatic heterocycles. The van der Waals surface area contributed by atoms with Crippen molar-refractivity contribution in [3.8, 4) is 0 Å². The van der Waals surface area contributed by atoms with Crippen molar-refractivity contribution in [3.05, 3.63) is 28.8 Å². The summed E-state index contributed by atoms with van der Waals surface area (Å²) < 4.78 is 4.80. The Morgan fingerprint density at radius 1 is 1.57 bits per heavy atom. The minimum atomic E-state index is -0.290. The summed E-state index contributed by atoms with van der Waals surface area (Å²) in [6.07, 6.45) is 0.167. The molecule has 0 heterocycles. The van der Waals surface area contributed by atoms with Crippen LogP contribution in [0.25, 0.3) is 0 Å². The fourth-order valence-electron chi connectivity index (χ4n) is 1.10. The molecule has 0 radical (unpaired) electrons. The van der Waals surface area contributed by atoms with Crippen LogP contribution in [-0.4, -0.2) is 12.6 Å². The van der Waals surface area contributed by atoms with Gasteiger partial charge in [0.15, 0.2) is 0 Å². The number of para-hydroxylation sites is 1. The second kappa shape index (κ2) is 4.86. The molecule has 0 aliphatic rings. The number of hydrogen-bond donors (Lipinski definition) is 1. The van der Waals surface area contributed by atoms with Crippen molar-refractivity contribution >= 4 is 23.3 Å². The van der Waals surface area contributed by atoms with E-state index in [1.165, 1.54) is 0 Å². The number of anilines is 1. The Hall–Kier alpha value is -1.22. The van der Waals surface area contributed by atoms with Gasteiger partial charge in [-0.25, -0.2) is 0 Å². The molecule has 14 heavy (non-hydrogen) atoms. The number of carbonyl (C=O) groups excluding carboxylic acids is 1. The lowest BCUT2D eigenvalue weighted by Crippen LogP contribution is -2.09. The predicted molar refractivity (Wildman–Crippen MR) is 56.2 cm³/mol. The van der Waals surface area contributed by atoms with Gasteiger partial charge in [0.25, 0.3) is 0 Å². The first-order chi connectivity index (χ1) is 6.65. The summed E-state index contributed by atoms with van der Waals surface area (Å²) in [6, 6.07) is 5.21. The number of benzene rings is 1. The van der Waals surface area contributed by atoms with Gasteiger partial charge in [-0.05, 0) is 18.6 Å². The maximum absolute atomic E-state index is 11.2. The quantitative estimate of drug-likeness (QED) is 0.618. The summed E-state index contributed by atoms with van der Waals surface area (Å²) >= 11 is 5.80. The molecule has 3 nitrogen and oxygen atoms in total.